The lowest BCUT2D eigenvalue weighted by molar-refractivity contribution is -0.124. The fourth-order valence-corrected chi connectivity index (χ4v) is 3.33. The van der Waals surface area contributed by atoms with Crippen molar-refractivity contribution in [3.05, 3.63) is 30.6 Å². The van der Waals surface area contributed by atoms with Crippen LogP contribution in [0.5, 0.6) is 5.75 Å². The lowest BCUT2D eigenvalue weighted by atomic mass is 9.79. The van der Waals surface area contributed by atoms with E-state index in [0.717, 1.165) is 38.3 Å². The van der Waals surface area contributed by atoms with Crippen molar-refractivity contribution in [3.8, 4) is 11.4 Å². The summed E-state index contributed by atoms with van der Waals surface area (Å²) in [6.07, 6.45) is 3.42. The molecule has 146 valence electrons. The molecule has 1 N–H and O–H groups in total. The molecule has 1 saturated heterocycles. The van der Waals surface area contributed by atoms with Crippen LogP contribution < -0.4 is 10.1 Å². The molecule has 3 rings (SSSR count). The molecule has 2 heterocycles. The summed E-state index contributed by atoms with van der Waals surface area (Å²) in [5.41, 5.74) is 0.882. The summed E-state index contributed by atoms with van der Waals surface area (Å²) in [7, 11) is 4.11. The molecule has 0 radical (unpaired) electrons. The Labute approximate surface area is 158 Å². The van der Waals surface area contributed by atoms with Gasteiger partial charge in [0.15, 0.2) is 6.61 Å². The number of ether oxygens (including phenoxy) is 2. The van der Waals surface area contributed by atoms with Crippen LogP contribution in [0.15, 0.2) is 30.6 Å². The molecule has 9 nitrogen and oxygen atoms in total. The van der Waals surface area contributed by atoms with Crippen LogP contribution in [0.2, 0.25) is 0 Å². The zero-order valence-corrected chi connectivity index (χ0v) is 15.8. The zero-order valence-electron chi connectivity index (χ0n) is 15.8. The Hall–Kier alpha value is -2.52. The van der Waals surface area contributed by atoms with Gasteiger partial charge in [-0.25, -0.2) is 4.68 Å². The number of hydrogen-bond acceptors (Lipinski definition) is 7. The van der Waals surface area contributed by atoms with Gasteiger partial charge >= 0.3 is 0 Å². The molecule has 27 heavy (non-hydrogen) atoms. The first-order chi connectivity index (χ1) is 13.1. The maximum atomic E-state index is 12.2. The molecule has 1 amide bonds. The Morgan fingerprint density at radius 1 is 1.30 bits per heavy atom. The van der Waals surface area contributed by atoms with Gasteiger partial charge in [0, 0.05) is 31.7 Å². The van der Waals surface area contributed by atoms with Gasteiger partial charge in [0.1, 0.15) is 12.1 Å². The quantitative estimate of drug-likeness (QED) is 0.720. The first kappa shape index (κ1) is 19.2. The van der Waals surface area contributed by atoms with Crippen molar-refractivity contribution in [2.45, 2.75) is 12.8 Å². The van der Waals surface area contributed by atoms with Crippen molar-refractivity contribution in [1.82, 2.24) is 30.4 Å². The van der Waals surface area contributed by atoms with Gasteiger partial charge in [-0.2, -0.15) is 0 Å². The normalized spacial score (nSPS) is 16.3. The lowest BCUT2D eigenvalue weighted by Gasteiger charge is -2.39. The molecule has 1 aromatic heterocycles. The smallest absolute Gasteiger partial charge is 0.257 e. The number of aromatic nitrogens is 4. The van der Waals surface area contributed by atoms with E-state index in [1.165, 1.54) is 6.33 Å². The van der Waals surface area contributed by atoms with Crippen molar-refractivity contribution in [3.63, 3.8) is 0 Å². The Bertz CT molecular complexity index is 711. The standard InChI is InChI=1S/C18H26N6O3/c1-23(2)13-18(7-9-26-10-8-18)12-19-17(25)11-27-16-5-3-15(4-6-16)24-14-20-21-22-24/h3-6,14H,7-13H2,1-2H3,(H,19,25). The van der Waals surface area contributed by atoms with E-state index >= 15 is 0 Å². The van der Waals surface area contributed by atoms with Gasteiger partial charge in [-0.05, 0) is 61.6 Å². The number of nitrogens with one attached hydrogen (secondary N) is 1. The van der Waals surface area contributed by atoms with E-state index in [9.17, 15) is 4.79 Å². The van der Waals surface area contributed by atoms with Crippen molar-refractivity contribution in [1.29, 1.82) is 0 Å². The molecule has 0 saturated carbocycles. The molecular weight excluding hydrogens is 348 g/mol. The number of carbonyl (C=O) groups excluding carboxylic acids is 1. The largest absolute Gasteiger partial charge is 0.484 e. The lowest BCUT2D eigenvalue weighted by Crippen LogP contribution is -2.47. The minimum absolute atomic E-state index is 0.0151. The molecule has 0 atom stereocenters. The number of rotatable bonds is 8. The van der Waals surface area contributed by atoms with Crippen LogP contribution in [0.4, 0.5) is 0 Å². The molecule has 1 aliphatic rings. The van der Waals surface area contributed by atoms with E-state index in [2.05, 4.69) is 39.8 Å². The third-order valence-electron chi connectivity index (χ3n) is 4.69. The van der Waals surface area contributed by atoms with Crippen LogP contribution in [0.3, 0.4) is 0 Å². The Kier molecular flexibility index (Phi) is 6.36. The molecule has 0 bridgehead atoms. The zero-order chi connectivity index (χ0) is 19.1. The van der Waals surface area contributed by atoms with Crippen molar-refractivity contribution in [2.75, 3.05) is 47.0 Å². The molecule has 1 fully saturated rings. The number of tetrazole rings is 1. The van der Waals surface area contributed by atoms with Crippen LogP contribution in [0, 0.1) is 5.41 Å². The molecule has 0 unspecified atom stereocenters. The van der Waals surface area contributed by atoms with Gasteiger partial charge in [-0.1, -0.05) is 0 Å². The highest BCUT2D eigenvalue weighted by Crippen LogP contribution is 2.30. The summed E-state index contributed by atoms with van der Waals surface area (Å²) >= 11 is 0. The number of benzene rings is 1. The van der Waals surface area contributed by atoms with Crippen LogP contribution in [0.25, 0.3) is 5.69 Å². The second-order valence-corrected chi connectivity index (χ2v) is 7.16. The topological polar surface area (TPSA) is 94.4 Å². The molecule has 1 aliphatic heterocycles. The van der Waals surface area contributed by atoms with E-state index in [-0.39, 0.29) is 17.9 Å². The highest BCUT2D eigenvalue weighted by Gasteiger charge is 2.33. The minimum atomic E-state index is -0.121. The van der Waals surface area contributed by atoms with Crippen molar-refractivity contribution in [2.24, 2.45) is 5.41 Å². The molecule has 0 spiro atoms. The predicted octanol–water partition coefficient (Wildman–Crippen LogP) is 0.516. The molecular formula is C18H26N6O3. The maximum Gasteiger partial charge on any atom is 0.257 e. The molecule has 9 heteroatoms. The van der Waals surface area contributed by atoms with E-state index in [0.29, 0.717) is 12.3 Å². The third kappa shape index (κ3) is 5.48. The first-order valence-electron chi connectivity index (χ1n) is 9.02. The Balaban J connectivity index is 1.47. The fourth-order valence-electron chi connectivity index (χ4n) is 3.33. The highest BCUT2D eigenvalue weighted by atomic mass is 16.5. The second-order valence-electron chi connectivity index (χ2n) is 7.16. The average Bonchev–Trinajstić information content (AvgIpc) is 3.20. The summed E-state index contributed by atoms with van der Waals surface area (Å²) in [5, 5.41) is 14.1. The van der Waals surface area contributed by atoms with Crippen molar-refractivity contribution >= 4 is 5.91 Å². The number of carbonyl (C=O) groups is 1. The van der Waals surface area contributed by atoms with Gasteiger partial charge < -0.3 is 19.7 Å². The molecule has 1 aromatic carbocycles. The van der Waals surface area contributed by atoms with E-state index in [1.54, 1.807) is 16.8 Å². The third-order valence-corrected chi connectivity index (χ3v) is 4.69. The van der Waals surface area contributed by atoms with Gasteiger partial charge in [0.05, 0.1) is 5.69 Å². The van der Waals surface area contributed by atoms with Gasteiger partial charge in [0.2, 0.25) is 0 Å². The number of amides is 1. The number of nitrogens with zero attached hydrogens (tertiary/aromatic N) is 5. The minimum Gasteiger partial charge on any atom is -0.484 e. The van der Waals surface area contributed by atoms with E-state index in [1.807, 2.05) is 12.1 Å². The summed E-state index contributed by atoms with van der Waals surface area (Å²) < 4.78 is 12.6. The summed E-state index contributed by atoms with van der Waals surface area (Å²) in [6, 6.07) is 7.24. The maximum absolute atomic E-state index is 12.2. The SMILES string of the molecule is CN(C)CC1(CNC(=O)COc2ccc(-n3cnnn3)cc2)CCOCC1. The number of hydrogen-bond donors (Lipinski definition) is 1. The monoisotopic (exact) mass is 374 g/mol. The fraction of sp³-hybridized carbons (Fsp3) is 0.556. The van der Waals surface area contributed by atoms with E-state index < -0.39 is 0 Å². The van der Waals surface area contributed by atoms with Crippen molar-refractivity contribution < 1.29 is 14.3 Å². The first-order valence-corrected chi connectivity index (χ1v) is 9.02. The predicted molar refractivity (Wildman–Crippen MR) is 98.7 cm³/mol. The van der Waals surface area contributed by atoms with Crippen LogP contribution in [0.1, 0.15) is 12.8 Å². The Morgan fingerprint density at radius 3 is 2.67 bits per heavy atom. The van der Waals surface area contributed by atoms with Gasteiger partial charge in [-0.15, -0.1) is 5.10 Å². The molecule has 0 aliphatic carbocycles. The highest BCUT2D eigenvalue weighted by molar-refractivity contribution is 5.77. The molecule has 2 aromatic rings. The second kappa shape index (κ2) is 8.92. The van der Waals surface area contributed by atoms with Crippen LogP contribution in [-0.4, -0.2) is 78.0 Å². The van der Waals surface area contributed by atoms with Gasteiger partial charge in [0.25, 0.3) is 5.91 Å². The summed E-state index contributed by atoms with van der Waals surface area (Å²) in [6.45, 7) is 3.03. The van der Waals surface area contributed by atoms with E-state index in [4.69, 9.17) is 9.47 Å². The van der Waals surface area contributed by atoms with Gasteiger partial charge in [-0.3, -0.25) is 4.79 Å². The van der Waals surface area contributed by atoms with Crippen LogP contribution in [-0.2, 0) is 9.53 Å². The summed E-state index contributed by atoms with van der Waals surface area (Å²) in [5.74, 6) is 0.500. The van der Waals surface area contributed by atoms with Crippen LogP contribution >= 0.6 is 0 Å². The average molecular weight is 374 g/mol. The summed E-state index contributed by atoms with van der Waals surface area (Å²) in [4.78, 5) is 14.4. The Morgan fingerprint density at radius 2 is 2.04 bits per heavy atom.